The molecule has 2 aromatic heterocycles. The van der Waals surface area contributed by atoms with Crippen LogP contribution >= 0.6 is 11.3 Å². The predicted octanol–water partition coefficient (Wildman–Crippen LogP) is 3.92. The van der Waals surface area contributed by atoms with Crippen LogP contribution < -0.4 is 10.9 Å². The summed E-state index contributed by atoms with van der Waals surface area (Å²) in [5, 5.41) is 3.18. The molecule has 2 heterocycles. The van der Waals surface area contributed by atoms with E-state index < -0.39 is 12.0 Å². The summed E-state index contributed by atoms with van der Waals surface area (Å²) in [5.74, 6) is -0.772. The van der Waals surface area contributed by atoms with Gasteiger partial charge in [-0.2, -0.15) is 0 Å². The van der Waals surface area contributed by atoms with E-state index in [-0.39, 0.29) is 11.5 Å². The van der Waals surface area contributed by atoms with Gasteiger partial charge in [-0.3, -0.25) is 14.2 Å². The number of nitrogens with zero attached hydrogens (tertiary/aromatic N) is 2. The molecule has 8 heteroatoms. The molecule has 0 radical (unpaired) electrons. The monoisotopic (exact) mass is 413 g/mol. The van der Waals surface area contributed by atoms with E-state index in [4.69, 9.17) is 4.74 Å². The quantitative estimate of drug-likeness (QED) is 0.468. The molecule has 152 valence electrons. The Morgan fingerprint density at radius 2 is 2.00 bits per heavy atom. The molecule has 3 rings (SSSR count). The summed E-state index contributed by atoms with van der Waals surface area (Å²) >= 11 is 1.16. The third-order valence-electron chi connectivity index (χ3n) is 4.61. The van der Waals surface area contributed by atoms with Gasteiger partial charge >= 0.3 is 5.97 Å². The lowest BCUT2D eigenvalue weighted by Gasteiger charge is -2.14. The normalized spacial score (nSPS) is 12.0. The van der Waals surface area contributed by atoms with E-state index in [1.54, 1.807) is 26.0 Å². The summed E-state index contributed by atoms with van der Waals surface area (Å²) < 4.78 is 6.48. The van der Waals surface area contributed by atoms with Crippen molar-refractivity contribution in [1.82, 2.24) is 9.55 Å². The van der Waals surface area contributed by atoms with E-state index in [1.165, 1.54) is 10.9 Å². The van der Waals surface area contributed by atoms with Gasteiger partial charge in [-0.15, -0.1) is 11.3 Å². The second-order valence-corrected chi connectivity index (χ2v) is 7.71. The van der Waals surface area contributed by atoms with Crippen LogP contribution in [0.25, 0.3) is 10.2 Å². The van der Waals surface area contributed by atoms with Crippen LogP contribution in [0.2, 0.25) is 0 Å². The minimum Gasteiger partial charge on any atom is -0.464 e. The lowest BCUT2D eigenvalue weighted by atomic mass is 10.2. The lowest BCUT2D eigenvalue weighted by Crippen LogP contribution is -2.29. The minimum absolute atomic E-state index is 0.297. The maximum atomic E-state index is 13.0. The van der Waals surface area contributed by atoms with Crippen molar-refractivity contribution in [2.24, 2.45) is 0 Å². The van der Waals surface area contributed by atoms with Gasteiger partial charge < -0.3 is 10.1 Å². The number of hydrogen-bond acceptors (Lipinski definition) is 6. The molecule has 1 N–H and O–H groups in total. The molecule has 0 aliphatic heterocycles. The van der Waals surface area contributed by atoms with Crippen LogP contribution in [-0.4, -0.2) is 28.0 Å². The first-order chi connectivity index (χ1) is 13.9. The largest absolute Gasteiger partial charge is 0.464 e. The maximum absolute atomic E-state index is 13.0. The number of amides is 1. The summed E-state index contributed by atoms with van der Waals surface area (Å²) in [6, 6.07) is 8.30. The Balaban J connectivity index is 1.90. The van der Waals surface area contributed by atoms with Crippen molar-refractivity contribution in [1.29, 1.82) is 0 Å². The number of rotatable bonds is 7. The van der Waals surface area contributed by atoms with Gasteiger partial charge in [-0.1, -0.05) is 31.5 Å². The van der Waals surface area contributed by atoms with Crippen LogP contribution in [-0.2, 0) is 9.53 Å². The second kappa shape index (κ2) is 9.00. The Morgan fingerprint density at radius 1 is 1.28 bits per heavy atom. The second-order valence-electron chi connectivity index (χ2n) is 6.71. The van der Waals surface area contributed by atoms with Gasteiger partial charge in [0.15, 0.2) is 0 Å². The fraction of sp³-hybridized carbons (Fsp3) is 0.333. The molecule has 3 aromatic rings. The smallest absolute Gasteiger partial charge is 0.328 e. The first-order valence-electron chi connectivity index (χ1n) is 9.47. The van der Waals surface area contributed by atoms with E-state index in [0.29, 0.717) is 33.0 Å². The van der Waals surface area contributed by atoms with Crippen molar-refractivity contribution in [3.63, 3.8) is 0 Å². The van der Waals surface area contributed by atoms with Crippen molar-refractivity contribution in [3.8, 4) is 0 Å². The van der Waals surface area contributed by atoms with Gasteiger partial charge in [0, 0.05) is 5.69 Å². The number of benzene rings is 1. The molecule has 0 bridgehead atoms. The molecule has 1 amide bonds. The first-order valence-corrected chi connectivity index (χ1v) is 10.3. The standard InChI is InChI=1S/C21H23N3O4S/c1-4-5-11-28-21(27)14(3)24-12-22-19-16(20(24)26)13(2)17(29-19)18(25)23-15-9-7-6-8-10-15/h6-10,12,14H,4-5,11H2,1-3H3,(H,23,25)/t14-/m1/s1. The van der Waals surface area contributed by atoms with Gasteiger partial charge in [0.2, 0.25) is 0 Å². The highest BCUT2D eigenvalue weighted by Gasteiger charge is 2.23. The average molecular weight is 413 g/mol. The fourth-order valence-corrected chi connectivity index (χ4v) is 3.92. The van der Waals surface area contributed by atoms with Crippen LogP contribution in [0.4, 0.5) is 5.69 Å². The van der Waals surface area contributed by atoms with Crippen molar-refractivity contribution in [3.05, 3.63) is 57.5 Å². The summed E-state index contributed by atoms with van der Waals surface area (Å²) in [4.78, 5) is 43.1. The number of aromatic nitrogens is 2. The topological polar surface area (TPSA) is 90.3 Å². The van der Waals surface area contributed by atoms with Gasteiger partial charge in [0.25, 0.3) is 11.5 Å². The molecule has 29 heavy (non-hydrogen) atoms. The van der Waals surface area contributed by atoms with E-state index in [1.807, 2.05) is 25.1 Å². The third-order valence-corrected chi connectivity index (χ3v) is 5.81. The first kappa shape index (κ1) is 20.7. The number of thiophene rings is 1. The van der Waals surface area contributed by atoms with Crippen LogP contribution in [0.3, 0.4) is 0 Å². The Kier molecular flexibility index (Phi) is 6.43. The number of hydrogen-bond donors (Lipinski definition) is 1. The molecule has 0 fully saturated rings. The molecule has 0 aliphatic rings. The Morgan fingerprint density at radius 3 is 2.69 bits per heavy atom. The molecule has 0 unspecified atom stereocenters. The van der Waals surface area contributed by atoms with E-state index >= 15 is 0 Å². The number of fused-ring (bicyclic) bond motifs is 1. The number of anilines is 1. The van der Waals surface area contributed by atoms with Crippen LogP contribution in [0.1, 0.15) is 48.0 Å². The van der Waals surface area contributed by atoms with E-state index in [9.17, 15) is 14.4 Å². The number of para-hydroxylation sites is 1. The number of aryl methyl sites for hydroxylation is 1. The molecule has 1 aromatic carbocycles. The van der Waals surface area contributed by atoms with E-state index in [2.05, 4.69) is 10.3 Å². The van der Waals surface area contributed by atoms with Gasteiger partial charge in [-0.25, -0.2) is 9.78 Å². The maximum Gasteiger partial charge on any atom is 0.328 e. The zero-order valence-corrected chi connectivity index (χ0v) is 17.4. The van der Waals surface area contributed by atoms with Crippen LogP contribution in [0.5, 0.6) is 0 Å². The molecule has 7 nitrogen and oxygen atoms in total. The van der Waals surface area contributed by atoms with E-state index in [0.717, 1.165) is 24.2 Å². The zero-order chi connectivity index (χ0) is 21.0. The number of unbranched alkanes of at least 4 members (excludes halogenated alkanes) is 1. The molecule has 0 saturated heterocycles. The van der Waals surface area contributed by atoms with Crippen molar-refractivity contribution in [2.75, 3.05) is 11.9 Å². The number of carbonyl (C=O) groups is 2. The van der Waals surface area contributed by atoms with Crippen LogP contribution in [0, 0.1) is 6.92 Å². The summed E-state index contributed by atoms with van der Waals surface area (Å²) in [5.41, 5.74) is 0.863. The molecule has 1 atom stereocenters. The van der Waals surface area contributed by atoms with Crippen molar-refractivity contribution in [2.45, 2.75) is 39.7 Å². The van der Waals surface area contributed by atoms with Crippen molar-refractivity contribution < 1.29 is 14.3 Å². The van der Waals surface area contributed by atoms with Crippen LogP contribution in [0.15, 0.2) is 41.5 Å². The Labute approximate surface area is 172 Å². The number of nitrogens with one attached hydrogen (secondary N) is 1. The zero-order valence-electron chi connectivity index (χ0n) is 16.6. The lowest BCUT2D eigenvalue weighted by molar-refractivity contribution is -0.147. The van der Waals surface area contributed by atoms with Crippen molar-refractivity contribution >= 4 is 39.1 Å². The molecule has 0 aliphatic carbocycles. The average Bonchev–Trinajstić information content (AvgIpc) is 3.06. The third kappa shape index (κ3) is 4.37. The Bertz CT molecular complexity index is 1090. The molecular weight excluding hydrogens is 390 g/mol. The predicted molar refractivity (Wildman–Crippen MR) is 114 cm³/mol. The fourth-order valence-electron chi connectivity index (χ4n) is 2.89. The number of carbonyl (C=O) groups excluding carboxylic acids is 2. The molecular formula is C21H23N3O4S. The van der Waals surface area contributed by atoms with Gasteiger partial charge in [0.05, 0.1) is 23.2 Å². The molecule has 0 spiro atoms. The number of esters is 1. The summed E-state index contributed by atoms with van der Waals surface area (Å²) in [6.07, 6.45) is 3.02. The summed E-state index contributed by atoms with van der Waals surface area (Å²) in [7, 11) is 0. The highest BCUT2D eigenvalue weighted by Crippen LogP contribution is 2.28. The van der Waals surface area contributed by atoms with Gasteiger partial charge in [-0.05, 0) is 38.0 Å². The minimum atomic E-state index is -0.794. The Hall–Kier alpha value is -3.00. The summed E-state index contributed by atoms with van der Waals surface area (Å²) in [6.45, 7) is 5.65. The highest BCUT2D eigenvalue weighted by atomic mass is 32.1. The van der Waals surface area contributed by atoms with Gasteiger partial charge in [0.1, 0.15) is 10.9 Å². The molecule has 0 saturated carbocycles. The SMILES string of the molecule is CCCCOC(=O)[C@@H](C)n1cnc2sc(C(=O)Nc3ccccc3)c(C)c2c1=O. The number of ether oxygens (including phenoxy) is 1. The highest BCUT2D eigenvalue weighted by molar-refractivity contribution is 7.20.